The van der Waals surface area contributed by atoms with Crippen LogP contribution >= 0.6 is 0 Å². The Morgan fingerprint density at radius 2 is 2.24 bits per heavy atom. The molecule has 0 saturated heterocycles. The van der Waals surface area contributed by atoms with Gasteiger partial charge in [-0.05, 0) is 18.1 Å². The van der Waals surface area contributed by atoms with Crippen LogP contribution in [0.4, 0.5) is 5.69 Å². The minimum Gasteiger partial charge on any atom is -0.497 e. The Kier molecular flexibility index (Phi) is 4.82. The number of nitrogens with one attached hydrogen (secondary N) is 1. The third-order valence-corrected chi connectivity index (χ3v) is 2.91. The van der Waals surface area contributed by atoms with E-state index in [1.807, 2.05) is 38.1 Å². The van der Waals surface area contributed by atoms with Crippen molar-refractivity contribution in [2.45, 2.75) is 26.3 Å². The summed E-state index contributed by atoms with van der Waals surface area (Å²) < 4.78 is 5.13. The highest BCUT2D eigenvalue weighted by Gasteiger charge is 2.21. The van der Waals surface area contributed by atoms with E-state index >= 15 is 0 Å². The molecule has 4 nitrogen and oxygen atoms in total. The van der Waals surface area contributed by atoms with Crippen LogP contribution in [0.1, 0.15) is 20.3 Å². The Morgan fingerprint density at radius 3 is 2.76 bits per heavy atom. The Morgan fingerprint density at radius 1 is 1.53 bits per heavy atom. The zero-order valence-electron chi connectivity index (χ0n) is 10.6. The molecule has 1 amide bonds. The summed E-state index contributed by atoms with van der Waals surface area (Å²) in [6, 6.07) is 7.11. The molecule has 2 unspecified atom stereocenters. The topological polar surface area (TPSA) is 64.3 Å². The third kappa shape index (κ3) is 3.66. The van der Waals surface area contributed by atoms with Crippen LogP contribution in [0.5, 0.6) is 5.75 Å². The average Bonchev–Trinajstić information content (AvgIpc) is 2.35. The number of carbonyl (C=O) groups is 1. The van der Waals surface area contributed by atoms with Gasteiger partial charge in [-0.25, -0.2) is 0 Å². The molecular weight excluding hydrogens is 216 g/mol. The van der Waals surface area contributed by atoms with Crippen molar-refractivity contribution < 1.29 is 9.53 Å². The zero-order valence-corrected chi connectivity index (χ0v) is 10.6. The van der Waals surface area contributed by atoms with Gasteiger partial charge in [0.15, 0.2) is 0 Å². The van der Waals surface area contributed by atoms with E-state index in [1.54, 1.807) is 7.11 Å². The number of benzene rings is 1. The maximum Gasteiger partial charge on any atom is 0.240 e. The first-order chi connectivity index (χ1) is 8.08. The van der Waals surface area contributed by atoms with E-state index < -0.39 is 0 Å². The first-order valence-electron chi connectivity index (χ1n) is 5.78. The standard InChI is InChI=1S/C13H20N2O2/c1-4-9(2)12(13(14)16)15-10-6-5-7-11(8-10)17-3/h5-9,12,15H,4H2,1-3H3,(H2,14,16). The van der Waals surface area contributed by atoms with Crippen molar-refractivity contribution >= 4 is 11.6 Å². The SMILES string of the molecule is CCC(C)C(Nc1cccc(OC)c1)C(N)=O. The van der Waals surface area contributed by atoms with Crippen LogP contribution in [0.3, 0.4) is 0 Å². The number of rotatable bonds is 6. The second kappa shape index (κ2) is 6.13. The van der Waals surface area contributed by atoms with Gasteiger partial charge in [-0.15, -0.1) is 0 Å². The Labute approximate surface area is 102 Å². The van der Waals surface area contributed by atoms with Crippen molar-refractivity contribution in [3.05, 3.63) is 24.3 Å². The minimum atomic E-state index is -0.355. The molecule has 0 aliphatic carbocycles. The number of amides is 1. The minimum absolute atomic E-state index is 0.193. The molecule has 1 rings (SSSR count). The molecule has 2 atom stereocenters. The van der Waals surface area contributed by atoms with Crippen LogP contribution in [0.25, 0.3) is 0 Å². The van der Waals surface area contributed by atoms with Crippen LogP contribution in [-0.4, -0.2) is 19.1 Å². The van der Waals surface area contributed by atoms with Crippen molar-refractivity contribution in [1.82, 2.24) is 0 Å². The number of anilines is 1. The molecule has 0 fully saturated rings. The predicted molar refractivity (Wildman–Crippen MR) is 69.1 cm³/mol. The largest absolute Gasteiger partial charge is 0.497 e. The van der Waals surface area contributed by atoms with Crippen molar-refractivity contribution in [3.8, 4) is 5.75 Å². The van der Waals surface area contributed by atoms with E-state index in [-0.39, 0.29) is 17.9 Å². The van der Waals surface area contributed by atoms with Crippen LogP contribution in [-0.2, 0) is 4.79 Å². The molecule has 0 spiro atoms. The number of hydrogen-bond acceptors (Lipinski definition) is 3. The summed E-state index contributed by atoms with van der Waals surface area (Å²) in [6.07, 6.45) is 0.893. The van der Waals surface area contributed by atoms with Crippen LogP contribution in [0, 0.1) is 5.92 Å². The summed E-state index contributed by atoms with van der Waals surface area (Å²) in [5.74, 6) is 0.614. The highest BCUT2D eigenvalue weighted by molar-refractivity contribution is 5.83. The second-order valence-corrected chi connectivity index (χ2v) is 4.14. The van der Waals surface area contributed by atoms with E-state index in [2.05, 4.69) is 5.32 Å². The van der Waals surface area contributed by atoms with E-state index in [1.165, 1.54) is 0 Å². The lowest BCUT2D eigenvalue weighted by Crippen LogP contribution is -2.40. The molecule has 1 aromatic carbocycles. The van der Waals surface area contributed by atoms with Gasteiger partial charge in [0.25, 0.3) is 0 Å². The summed E-state index contributed by atoms with van der Waals surface area (Å²) in [4.78, 5) is 11.4. The van der Waals surface area contributed by atoms with E-state index in [4.69, 9.17) is 10.5 Å². The monoisotopic (exact) mass is 236 g/mol. The number of primary amides is 1. The first kappa shape index (κ1) is 13.4. The fourth-order valence-electron chi connectivity index (χ4n) is 1.62. The maximum atomic E-state index is 11.4. The zero-order chi connectivity index (χ0) is 12.8. The van der Waals surface area contributed by atoms with Crippen molar-refractivity contribution in [2.75, 3.05) is 12.4 Å². The van der Waals surface area contributed by atoms with Gasteiger partial charge in [0.05, 0.1) is 7.11 Å². The molecule has 1 aromatic rings. The van der Waals surface area contributed by atoms with Gasteiger partial charge in [0, 0.05) is 11.8 Å². The van der Waals surface area contributed by atoms with Gasteiger partial charge in [0.1, 0.15) is 11.8 Å². The van der Waals surface area contributed by atoms with E-state index in [0.717, 1.165) is 17.9 Å². The normalized spacial score (nSPS) is 13.8. The summed E-state index contributed by atoms with van der Waals surface area (Å²) in [5, 5.41) is 3.15. The first-order valence-corrected chi connectivity index (χ1v) is 5.78. The van der Waals surface area contributed by atoms with Crippen LogP contribution in [0.15, 0.2) is 24.3 Å². The quantitative estimate of drug-likeness (QED) is 0.794. The molecule has 3 N–H and O–H groups in total. The third-order valence-electron chi connectivity index (χ3n) is 2.91. The Bertz CT molecular complexity index is 379. The smallest absolute Gasteiger partial charge is 0.240 e. The van der Waals surface area contributed by atoms with Gasteiger partial charge in [-0.1, -0.05) is 26.3 Å². The van der Waals surface area contributed by atoms with Crippen molar-refractivity contribution in [2.24, 2.45) is 11.7 Å². The fraction of sp³-hybridized carbons (Fsp3) is 0.462. The van der Waals surface area contributed by atoms with E-state index in [9.17, 15) is 4.79 Å². The lowest BCUT2D eigenvalue weighted by molar-refractivity contribution is -0.119. The van der Waals surface area contributed by atoms with Gasteiger partial charge >= 0.3 is 0 Å². The molecule has 0 saturated carbocycles. The molecule has 0 bridgehead atoms. The van der Waals surface area contributed by atoms with Gasteiger partial charge in [-0.3, -0.25) is 4.79 Å². The lowest BCUT2D eigenvalue weighted by atomic mass is 9.98. The molecule has 4 heteroatoms. The molecule has 0 aliphatic rings. The number of carbonyl (C=O) groups excluding carboxylic acids is 1. The number of ether oxygens (including phenoxy) is 1. The number of hydrogen-bond donors (Lipinski definition) is 2. The number of nitrogens with two attached hydrogens (primary N) is 1. The summed E-state index contributed by atoms with van der Waals surface area (Å²) in [6.45, 7) is 4.04. The second-order valence-electron chi connectivity index (χ2n) is 4.14. The highest BCUT2D eigenvalue weighted by Crippen LogP contribution is 2.20. The Balaban J connectivity index is 2.82. The summed E-state index contributed by atoms with van der Waals surface area (Å²) in [7, 11) is 1.61. The van der Waals surface area contributed by atoms with E-state index in [0.29, 0.717) is 0 Å². The fourth-order valence-corrected chi connectivity index (χ4v) is 1.62. The van der Waals surface area contributed by atoms with Gasteiger partial charge in [-0.2, -0.15) is 0 Å². The predicted octanol–water partition coefficient (Wildman–Crippen LogP) is 2.01. The summed E-state index contributed by atoms with van der Waals surface area (Å²) >= 11 is 0. The lowest BCUT2D eigenvalue weighted by Gasteiger charge is -2.22. The van der Waals surface area contributed by atoms with Crippen LogP contribution in [0.2, 0.25) is 0 Å². The van der Waals surface area contributed by atoms with Crippen molar-refractivity contribution in [1.29, 1.82) is 0 Å². The molecule has 0 aromatic heterocycles. The molecule has 0 heterocycles. The molecular formula is C13H20N2O2. The van der Waals surface area contributed by atoms with Gasteiger partial charge in [0.2, 0.25) is 5.91 Å². The summed E-state index contributed by atoms with van der Waals surface area (Å²) in [5.41, 5.74) is 6.24. The van der Waals surface area contributed by atoms with Crippen LogP contribution < -0.4 is 15.8 Å². The van der Waals surface area contributed by atoms with Crippen molar-refractivity contribution in [3.63, 3.8) is 0 Å². The molecule has 0 radical (unpaired) electrons. The molecule has 94 valence electrons. The molecule has 17 heavy (non-hydrogen) atoms. The average molecular weight is 236 g/mol. The maximum absolute atomic E-state index is 11.4. The molecule has 0 aliphatic heterocycles. The number of methoxy groups -OCH3 is 1. The Hall–Kier alpha value is -1.71. The van der Waals surface area contributed by atoms with Gasteiger partial charge < -0.3 is 15.8 Å². The highest BCUT2D eigenvalue weighted by atomic mass is 16.5.